The van der Waals surface area contributed by atoms with Gasteiger partial charge in [0.15, 0.2) is 0 Å². The summed E-state index contributed by atoms with van der Waals surface area (Å²) >= 11 is 0. The van der Waals surface area contributed by atoms with Crippen molar-refractivity contribution in [2.24, 2.45) is 0 Å². The third kappa shape index (κ3) is 1.91. The van der Waals surface area contributed by atoms with Gasteiger partial charge in [0.25, 0.3) is 0 Å². The number of aliphatic hydroxyl groups excluding tert-OH is 1. The summed E-state index contributed by atoms with van der Waals surface area (Å²) in [6, 6.07) is 8.35. The van der Waals surface area contributed by atoms with Crippen LogP contribution in [0.25, 0.3) is 5.69 Å². The molecule has 20 heavy (non-hydrogen) atoms. The molecule has 0 bridgehead atoms. The van der Waals surface area contributed by atoms with Gasteiger partial charge in [-0.25, -0.2) is 4.39 Å². The highest BCUT2D eigenvalue weighted by atomic mass is 19.1. The lowest BCUT2D eigenvalue weighted by Crippen LogP contribution is -2.12. The normalized spacial score (nSPS) is 17.6. The zero-order valence-electron chi connectivity index (χ0n) is 11.2. The molecule has 1 N–H and O–H groups in total. The van der Waals surface area contributed by atoms with Gasteiger partial charge in [-0.15, -0.1) is 0 Å². The highest BCUT2D eigenvalue weighted by Crippen LogP contribution is 2.34. The first kappa shape index (κ1) is 12.9. The monoisotopic (exact) mass is 270 g/mol. The quantitative estimate of drug-likeness (QED) is 0.865. The smallest absolute Gasteiger partial charge is 0.148 e. The third-order valence-electron chi connectivity index (χ3n) is 3.89. The van der Waals surface area contributed by atoms with Gasteiger partial charge in [0.2, 0.25) is 0 Å². The molecule has 0 aliphatic heterocycles. The van der Waals surface area contributed by atoms with Gasteiger partial charge in [-0.2, -0.15) is 5.26 Å². The number of hydrogen-bond donors (Lipinski definition) is 1. The second-order valence-corrected chi connectivity index (χ2v) is 5.21. The highest BCUT2D eigenvalue weighted by molar-refractivity contribution is 5.46. The molecule has 1 unspecified atom stereocenters. The molecule has 1 heterocycles. The molecule has 102 valence electrons. The number of nitriles is 1. The van der Waals surface area contributed by atoms with Crippen molar-refractivity contribution in [3.8, 4) is 11.8 Å². The van der Waals surface area contributed by atoms with Crippen molar-refractivity contribution in [3.63, 3.8) is 0 Å². The van der Waals surface area contributed by atoms with E-state index >= 15 is 0 Å². The van der Waals surface area contributed by atoms with Crippen molar-refractivity contribution in [2.45, 2.75) is 32.3 Å². The van der Waals surface area contributed by atoms with Crippen molar-refractivity contribution in [1.82, 2.24) is 4.57 Å². The maximum atomic E-state index is 14.2. The molecular formula is C16H15FN2O. The predicted molar refractivity (Wildman–Crippen MR) is 73.1 cm³/mol. The van der Waals surface area contributed by atoms with Crippen LogP contribution < -0.4 is 0 Å². The van der Waals surface area contributed by atoms with Crippen molar-refractivity contribution in [1.29, 1.82) is 5.26 Å². The fraction of sp³-hybridized carbons (Fsp3) is 0.312. The van der Waals surface area contributed by atoms with Crippen LogP contribution in [0.15, 0.2) is 24.3 Å². The van der Waals surface area contributed by atoms with Crippen LogP contribution in [-0.4, -0.2) is 9.67 Å². The molecule has 1 atom stereocenters. The van der Waals surface area contributed by atoms with Gasteiger partial charge in [0.05, 0.1) is 23.4 Å². The Labute approximate surface area is 116 Å². The molecule has 0 fully saturated rings. The van der Waals surface area contributed by atoms with Gasteiger partial charge in [-0.05, 0) is 50.5 Å². The second-order valence-electron chi connectivity index (χ2n) is 5.21. The molecule has 0 amide bonds. The SMILES string of the molecule is Cc1cc2c(n1-c1ccc(C#N)cc1F)CCCC2O. The molecule has 4 heteroatoms. The average Bonchev–Trinajstić information content (AvgIpc) is 2.77. The summed E-state index contributed by atoms with van der Waals surface area (Å²) in [6.45, 7) is 1.91. The largest absolute Gasteiger partial charge is 0.388 e. The van der Waals surface area contributed by atoms with E-state index in [4.69, 9.17) is 5.26 Å². The van der Waals surface area contributed by atoms with Crippen molar-refractivity contribution in [2.75, 3.05) is 0 Å². The van der Waals surface area contributed by atoms with E-state index in [-0.39, 0.29) is 0 Å². The van der Waals surface area contributed by atoms with E-state index in [1.54, 1.807) is 12.1 Å². The third-order valence-corrected chi connectivity index (χ3v) is 3.89. The van der Waals surface area contributed by atoms with E-state index in [1.165, 1.54) is 6.07 Å². The average molecular weight is 270 g/mol. The summed E-state index contributed by atoms with van der Waals surface area (Å²) in [5, 5.41) is 18.9. The van der Waals surface area contributed by atoms with E-state index < -0.39 is 11.9 Å². The molecule has 1 aliphatic rings. The van der Waals surface area contributed by atoms with Crippen LogP contribution in [-0.2, 0) is 6.42 Å². The van der Waals surface area contributed by atoms with Crippen LogP contribution in [0.1, 0.15) is 41.5 Å². The minimum absolute atomic E-state index is 0.310. The van der Waals surface area contributed by atoms with Crippen molar-refractivity contribution < 1.29 is 9.50 Å². The molecule has 2 aromatic rings. The van der Waals surface area contributed by atoms with Gasteiger partial charge in [0.1, 0.15) is 5.82 Å². The van der Waals surface area contributed by atoms with E-state index in [9.17, 15) is 9.50 Å². The first-order valence-electron chi connectivity index (χ1n) is 6.71. The van der Waals surface area contributed by atoms with Crippen LogP contribution in [0.2, 0.25) is 0 Å². The van der Waals surface area contributed by atoms with E-state index in [1.807, 2.05) is 23.6 Å². The minimum atomic E-state index is -0.458. The van der Waals surface area contributed by atoms with Gasteiger partial charge < -0.3 is 9.67 Å². The van der Waals surface area contributed by atoms with Crippen LogP contribution >= 0.6 is 0 Å². The molecule has 1 aromatic carbocycles. The summed E-state index contributed by atoms with van der Waals surface area (Å²) in [5.41, 5.74) is 3.53. The molecular weight excluding hydrogens is 255 g/mol. The fourth-order valence-corrected chi connectivity index (χ4v) is 2.97. The van der Waals surface area contributed by atoms with Crippen LogP contribution in [0.5, 0.6) is 0 Å². The number of fused-ring (bicyclic) bond motifs is 1. The molecule has 3 rings (SSSR count). The second kappa shape index (κ2) is 4.77. The lowest BCUT2D eigenvalue weighted by molar-refractivity contribution is 0.156. The summed E-state index contributed by atoms with van der Waals surface area (Å²) in [4.78, 5) is 0. The standard InChI is InChI=1S/C16H15FN2O/c1-10-7-12-14(3-2-4-16(12)20)19(10)15-6-5-11(9-18)8-13(15)17/h5-8,16,20H,2-4H2,1H3. The molecule has 1 aliphatic carbocycles. The molecule has 1 aromatic heterocycles. The Bertz CT molecular complexity index is 712. The molecule has 0 saturated carbocycles. The van der Waals surface area contributed by atoms with Gasteiger partial charge in [-0.1, -0.05) is 0 Å². The Kier molecular flexibility index (Phi) is 3.07. The van der Waals surface area contributed by atoms with Crippen molar-refractivity contribution in [3.05, 3.63) is 52.6 Å². The van der Waals surface area contributed by atoms with E-state index in [2.05, 4.69) is 0 Å². The zero-order chi connectivity index (χ0) is 14.3. The van der Waals surface area contributed by atoms with Gasteiger partial charge in [-0.3, -0.25) is 0 Å². The molecule has 0 saturated heterocycles. The van der Waals surface area contributed by atoms with Crippen LogP contribution in [0, 0.1) is 24.1 Å². The Morgan fingerprint density at radius 3 is 2.90 bits per heavy atom. The zero-order valence-corrected chi connectivity index (χ0v) is 11.2. The number of nitrogens with zero attached hydrogens (tertiary/aromatic N) is 2. The summed E-state index contributed by atoms with van der Waals surface area (Å²) < 4.78 is 16.1. The van der Waals surface area contributed by atoms with E-state index in [0.29, 0.717) is 11.3 Å². The molecule has 3 nitrogen and oxygen atoms in total. The Morgan fingerprint density at radius 1 is 1.40 bits per heavy atom. The van der Waals surface area contributed by atoms with Crippen LogP contribution in [0.3, 0.4) is 0 Å². The Hall–Kier alpha value is -2.12. The number of aryl methyl sites for hydroxylation is 1. The number of benzene rings is 1. The number of halogens is 1. The van der Waals surface area contributed by atoms with Crippen molar-refractivity contribution >= 4 is 0 Å². The maximum absolute atomic E-state index is 14.2. The molecule has 0 spiro atoms. The first-order valence-corrected chi connectivity index (χ1v) is 6.71. The Morgan fingerprint density at radius 2 is 2.20 bits per heavy atom. The minimum Gasteiger partial charge on any atom is -0.388 e. The van der Waals surface area contributed by atoms with E-state index in [0.717, 1.165) is 36.2 Å². The lowest BCUT2D eigenvalue weighted by Gasteiger charge is -2.20. The van der Waals surface area contributed by atoms with Crippen LogP contribution in [0.4, 0.5) is 4.39 Å². The van der Waals surface area contributed by atoms with Gasteiger partial charge >= 0.3 is 0 Å². The number of hydrogen-bond acceptors (Lipinski definition) is 2. The number of rotatable bonds is 1. The summed E-state index contributed by atoms with van der Waals surface area (Å²) in [6.07, 6.45) is 2.03. The summed E-state index contributed by atoms with van der Waals surface area (Å²) in [7, 11) is 0. The Balaban J connectivity index is 2.18. The highest BCUT2D eigenvalue weighted by Gasteiger charge is 2.24. The molecule has 0 radical (unpaired) electrons. The fourth-order valence-electron chi connectivity index (χ4n) is 2.97. The first-order chi connectivity index (χ1) is 9.61. The number of aromatic nitrogens is 1. The van der Waals surface area contributed by atoms with Gasteiger partial charge in [0, 0.05) is 17.0 Å². The maximum Gasteiger partial charge on any atom is 0.148 e. The number of aliphatic hydroxyl groups is 1. The topological polar surface area (TPSA) is 49.0 Å². The predicted octanol–water partition coefficient (Wildman–Crippen LogP) is 3.17. The summed E-state index contributed by atoms with van der Waals surface area (Å²) in [5.74, 6) is -0.411. The lowest BCUT2D eigenvalue weighted by atomic mass is 9.95.